The third-order valence-corrected chi connectivity index (χ3v) is 14.4. The molecule has 0 bridgehead atoms. The van der Waals surface area contributed by atoms with Crippen LogP contribution in [-0.4, -0.2) is 37.2 Å². The summed E-state index contributed by atoms with van der Waals surface area (Å²) in [5.74, 6) is -0.885. The molecule has 0 heterocycles. The maximum atomic E-state index is 12.9. The molecule has 0 saturated heterocycles. The zero-order valence-corrected chi connectivity index (χ0v) is 50.5. The van der Waals surface area contributed by atoms with Crippen LogP contribution >= 0.6 is 0 Å². The minimum atomic E-state index is -0.786. The number of ether oxygens (including phenoxy) is 3. The highest BCUT2D eigenvalue weighted by Gasteiger charge is 2.19. The molecule has 1 unspecified atom stereocenters. The van der Waals surface area contributed by atoms with Gasteiger partial charge in [-0.25, -0.2) is 0 Å². The molecule has 0 aromatic rings. The SMILES string of the molecule is CC/C=C\C/C=C\C/C=C\C/C=C\CCCCCCCCCCC(=O)OC(COC(=O)CCCCCCC/C=C\C/C=C\CCCCC)COC(=O)CCCCCCCCCCCCCCCCCCCCCCCC. The molecule has 0 saturated carbocycles. The second-order valence-electron chi connectivity index (χ2n) is 22.0. The Morgan fingerprint density at radius 1 is 0.276 bits per heavy atom. The molecule has 76 heavy (non-hydrogen) atoms. The summed E-state index contributed by atoms with van der Waals surface area (Å²) in [7, 11) is 0. The van der Waals surface area contributed by atoms with Gasteiger partial charge in [-0.3, -0.25) is 14.4 Å². The fourth-order valence-corrected chi connectivity index (χ4v) is 9.53. The quantitative estimate of drug-likeness (QED) is 0.0261. The molecule has 0 aliphatic heterocycles. The maximum absolute atomic E-state index is 12.9. The van der Waals surface area contributed by atoms with Gasteiger partial charge in [0.15, 0.2) is 6.10 Å². The van der Waals surface area contributed by atoms with Crippen molar-refractivity contribution in [2.45, 2.75) is 341 Å². The van der Waals surface area contributed by atoms with Crippen LogP contribution in [0.25, 0.3) is 0 Å². The van der Waals surface area contributed by atoms with Gasteiger partial charge in [-0.05, 0) is 89.9 Å². The molecule has 0 radical (unpaired) electrons. The molecule has 0 fully saturated rings. The number of allylic oxidation sites excluding steroid dienone is 12. The van der Waals surface area contributed by atoms with Crippen LogP contribution in [0.1, 0.15) is 335 Å². The molecule has 0 spiro atoms. The number of unbranched alkanes of at least 4 members (excludes halogenated alkanes) is 37. The van der Waals surface area contributed by atoms with Crippen molar-refractivity contribution in [2.24, 2.45) is 0 Å². The Kier molecular flexibility index (Phi) is 61.7. The lowest BCUT2D eigenvalue weighted by atomic mass is 10.0. The van der Waals surface area contributed by atoms with Crippen molar-refractivity contribution < 1.29 is 28.6 Å². The minimum Gasteiger partial charge on any atom is -0.462 e. The molecule has 0 aromatic carbocycles. The topological polar surface area (TPSA) is 78.9 Å². The first kappa shape index (κ1) is 72.8. The van der Waals surface area contributed by atoms with Crippen molar-refractivity contribution in [1.29, 1.82) is 0 Å². The van der Waals surface area contributed by atoms with Gasteiger partial charge in [0, 0.05) is 19.3 Å². The van der Waals surface area contributed by atoms with Crippen LogP contribution in [0, 0.1) is 0 Å². The standard InChI is InChI=1S/C70H124O6/c1-4-7-10-13-16-19-22-25-28-30-32-34-36-37-39-42-45-48-51-54-57-60-63-69(72)75-66-67(65-74-68(71)62-59-56-53-50-47-44-41-27-24-21-18-15-12-9-6-3)76-70(73)64-61-58-55-52-49-46-43-40-38-35-33-31-29-26-23-20-17-14-11-8-5-2/h8,11,17-18,20-21,26-27,29,33,35,41,67H,4-7,9-10,12-16,19,22-25,28,30-32,34,36-40,42-66H2,1-3H3/b11-8-,20-17-,21-18-,29-26-,35-33-,41-27-. The lowest BCUT2D eigenvalue weighted by molar-refractivity contribution is -0.167. The molecule has 0 aromatic heterocycles. The van der Waals surface area contributed by atoms with Crippen molar-refractivity contribution >= 4 is 17.9 Å². The fraction of sp³-hybridized carbons (Fsp3) is 0.786. The van der Waals surface area contributed by atoms with Gasteiger partial charge >= 0.3 is 17.9 Å². The molecular weight excluding hydrogens is 937 g/mol. The fourth-order valence-electron chi connectivity index (χ4n) is 9.53. The van der Waals surface area contributed by atoms with Crippen LogP contribution in [0.3, 0.4) is 0 Å². The Balaban J connectivity index is 4.35. The normalized spacial score (nSPS) is 12.5. The molecule has 1 atom stereocenters. The highest BCUT2D eigenvalue weighted by Crippen LogP contribution is 2.17. The number of carbonyl (C=O) groups is 3. The molecule has 0 aliphatic carbocycles. The first-order valence-electron chi connectivity index (χ1n) is 32.9. The first-order chi connectivity index (χ1) is 37.5. The van der Waals surface area contributed by atoms with E-state index in [1.165, 1.54) is 186 Å². The average molecular weight is 1060 g/mol. The molecule has 0 rings (SSSR count). The van der Waals surface area contributed by atoms with Crippen molar-refractivity contribution in [3.8, 4) is 0 Å². The first-order valence-corrected chi connectivity index (χ1v) is 32.9. The summed E-state index contributed by atoms with van der Waals surface area (Å²) in [6.45, 7) is 6.53. The van der Waals surface area contributed by atoms with Gasteiger partial charge in [-0.1, -0.05) is 299 Å². The highest BCUT2D eigenvalue weighted by atomic mass is 16.6. The summed E-state index contributed by atoms with van der Waals surface area (Å²) >= 11 is 0. The molecule has 6 nitrogen and oxygen atoms in total. The number of esters is 3. The van der Waals surface area contributed by atoms with Gasteiger partial charge in [-0.15, -0.1) is 0 Å². The van der Waals surface area contributed by atoms with Crippen LogP contribution in [0.15, 0.2) is 72.9 Å². The Labute approximate surface area is 472 Å². The summed E-state index contributed by atoms with van der Waals surface area (Å²) in [6.07, 6.45) is 83.4. The van der Waals surface area contributed by atoms with Gasteiger partial charge in [0.05, 0.1) is 0 Å². The molecule has 0 N–H and O–H groups in total. The summed E-state index contributed by atoms with van der Waals surface area (Å²) in [6, 6.07) is 0. The lowest BCUT2D eigenvalue weighted by Crippen LogP contribution is -2.30. The van der Waals surface area contributed by atoms with Gasteiger partial charge < -0.3 is 14.2 Å². The number of hydrogen-bond acceptors (Lipinski definition) is 6. The molecule has 440 valence electrons. The average Bonchev–Trinajstić information content (AvgIpc) is 3.42. The number of hydrogen-bond donors (Lipinski definition) is 0. The van der Waals surface area contributed by atoms with E-state index >= 15 is 0 Å². The predicted octanol–water partition coefficient (Wildman–Crippen LogP) is 22.5. The van der Waals surface area contributed by atoms with E-state index in [1.807, 2.05) is 0 Å². The molecule has 6 heteroatoms. The van der Waals surface area contributed by atoms with E-state index < -0.39 is 6.10 Å². The van der Waals surface area contributed by atoms with Crippen LogP contribution in [0.2, 0.25) is 0 Å². The largest absolute Gasteiger partial charge is 0.462 e. The Bertz CT molecular complexity index is 1400. The van der Waals surface area contributed by atoms with Crippen molar-refractivity contribution in [3.05, 3.63) is 72.9 Å². The van der Waals surface area contributed by atoms with E-state index in [0.717, 1.165) is 109 Å². The second kappa shape index (κ2) is 64.4. The van der Waals surface area contributed by atoms with Gasteiger partial charge in [0.25, 0.3) is 0 Å². The monoisotopic (exact) mass is 1060 g/mol. The highest BCUT2D eigenvalue weighted by molar-refractivity contribution is 5.71. The van der Waals surface area contributed by atoms with Crippen LogP contribution in [0.5, 0.6) is 0 Å². The molecular formula is C70H124O6. The smallest absolute Gasteiger partial charge is 0.306 e. The Hall–Kier alpha value is -3.15. The third kappa shape index (κ3) is 61.7. The summed E-state index contributed by atoms with van der Waals surface area (Å²) in [5.41, 5.74) is 0. The van der Waals surface area contributed by atoms with E-state index in [0.29, 0.717) is 19.3 Å². The molecule has 0 amide bonds. The number of rotatable bonds is 60. The second-order valence-corrected chi connectivity index (χ2v) is 22.0. The van der Waals surface area contributed by atoms with Crippen LogP contribution in [0.4, 0.5) is 0 Å². The van der Waals surface area contributed by atoms with Gasteiger partial charge in [0.2, 0.25) is 0 Å². The van der Waals surface area contributed by atoms with E-state index in [9.17, 15) is 14.4 Å². The van der Waals surface area contributed by atoms with E-state index in [4.69, 9.17) is 14.2 Å². The van der Waals surface area contributed by atoms with Crippen molar-refractivity contribution in [2.75, 3.05) is 13.2 Å². The zero-order valence-electron chi connectivity index (χ0n) is 50.5. The number of carbonyl (C=O) groups excluding carboxylic acids is 3. The van der Waals surface area contributed by atoms with Crippen molar-refractivity contribution in [1.82, 2.24) is 0 Å². The zero-order chi connectivity index (χ0) is 55.0. The Morgan fingerprint density at radius 2 is 0.513 bits per heavy atom. The summed E-state index contributed by atoms with van der Waals surface area (Å²) in [4.78, 5) is 38.4. The van der Waals surface area contributed by atoms with Crippen LogP contribution in [-0.2, 0) is 28.6 Å². The summed E-state index contributed by atoms with van der Waals surface area (Å²) in [5, 5.41) is 0. The Morgan fingerprint density at radius 3 is 0.829 bits per heavy atom. The lowest BCUT2D eigenvalue weighted by Gasteiger charge is -2.18. The van der Waals surface area contributed by atoms with Gasteiger partial charge in [0.1, 0.15) is 13.2 Å². The van der Waals surface area contributed by atoms with Crippen molar-refractivity contribution in [3.63, 3.8) is 0 Å². The predicted molar refractivity (Wildman–Crippen MR) is 330 cm³/mol. The van der Waals surface area contributed by atoms with Crippen LogP contribution < -0.4 is 0 Å². The minimum absolute atomic E-state index is 0.0802. The summed E-state index contributed by atoms with van der Waals surface area (Å²) < 4.78 is 16.9. The maximum Gasteiger partial charge on any atom is 0.306 e. The van der Waals surface area contributed by atoms with E-state index in [1.54, 1.807) is 0 Å². The van der Waals surface area contributed by atoms with E-state index in [-0.39, 0.29) is 31.1 Å². The van der Waals surface area contributed by atoms with Gasteiger partial charge in [-0.2, -0.15) is 0 Å². The molecule has 0 aliphatic rings. The van der Waals surface area contributed by atoms with E-state index in [2.05, 4.69) is 93.7 Å². The third-order valence-electron chi connectivity index (χ3n) is 14.4.